The third-order valence-corrected chi connectivity index (χ3v) is 7.18. The summed E-state index contributed by atoms with van der Waals surface area (Å²) in [6.45, 7) is -0.475. The van der Waals surface area contributed by atoms with E-state index in [9.17, 15) is 24.8 Å². The number of thiophene rings is 1. The van der Waals surface area contributed by atoms with Crippen molar-refractivity contribution in [3.63, 3.8) is 0 Å². The van der Waals surface area contributed by atoms with Crippen molar-refractivity contribution in [2.24, 2.45) is 0 Å². The van der Waals surface area contributed by atoms with Gasteiger partial charge < -0.3 is 25.2 Å². The van der Waals surface area contributed by atoms with Crippen LogP contribution in [-0.4, -0.2) is 51.4 Å². The first-order valence-corrected chi connectivity index (χ1v) is 11.3. The number of aliphatic hydroxyl groups is 4. The van der Waals surface area contributed by atoms with Gasteiger partial charge in [0.15, 0.2) is 0 Å². The van der Waals surface area contributed by atoms with Crippen molar-refractivity contribution in [1.29, 1.82) is 0 Å². The molecule has 5 rings (SSSR count). The minimum atomic E-state index is -1.44. The molecule has 1 aliphatic heterocycles. The summed E-state index contributed by atoms with van der Waals surface area (Å²) in [5.41, 5.74) is 1.66. The summed E-state index contributed by atoms with van der Waals surface area (Å²) < 4.78 is 20.4. The molecule has 32 heavy (non-hydrogen) atoms. The summed E-state index contributed by atoms with van der Waals surface area (Å²) in [7, 11) is 0. The van der Waals surface area contributed by atoms with Crippen molar-refractivity contribution >= 4 is 32.2 Å². The van der Waals surface area contributed by atoms with Crippen molar-refractivity contribution in [3.05, 3.63) is 82.5 Å². The minimum absolute atomic E-state index is 0.266. The highest BCUT2D eigenvalue weighted by Gasteiger charge is 2.44. The average molecular weight is 455 g/mol. The van der Waals surface area contributed by atoms with E-state index in [1.165, 1.54) is 12.1 Å². The second-order valence-corrected chi connectivity index (χ2v) is 9.40. The third-order valence-electron chi connectivity index (χ3n) is 6.06. The van der Waals surface area contributed by atoms with Crippen LogP contribution in [0.5, 0.6) is 0 Å². The Bertz CT molecular complexity index is 1270. The van der Waals surface area contributed by atoms with E-state index in [0.717, 1.165) is 31.3 Å². The first-order valence-electron chi connectivity index (χ1n) is 10.4. The molecule has 3 aromatic carbocycles. The summed E-state index contributed by atoms with van der Waals surface area (Å²) in [5, 5.41) is 43.4. The summed E-state index contributed by atoms with van der Waals surface area (Å²) in [6, 6.07) is 18.4. The fourth-order valence-corrected chi connectivity index (χ4v) is 5.54. The third kappa shape index (κ3) is 3.81. The zero-order valence-electron chi connectivity index (χ0n) is 17.1. The van der Waals surface area contributed by atoms with E-state index >= 15 is 0 Å². The number of benzene rings is 3. The number of hydrogen-bond donors (Lipinski definition) is 4. The maximum Gasteiger partial charge on any atom is 0.123 e. The summed E-state index contributed by atoms with van der Waals surface area (Å²) in [4.78, 5) is 1.07. The monoisotopic (exact) mass is 454 g/mol. The number of hydrogen-bond acceptors (Lipinski definition) is 6. The van der Waals surface area contributed by atoms with Gasteiger partial charge in [-0.15, -0.1) is 11.3 Å². The van der Waals surface area contributed by atoms with Gasteiger partial charge in [-0.2, -0.15) is 0 Å². The Kier molecular flexibility index (Phi) is 5.71. The molecule has 1 aliphatic rings. The molecule has 0 amide bonds. The van der Waals surface area contributed by atoms with Crippen molar-refractivity contribution in [2.75, 3.05) is 6.61 Å². The molecule has 1 aromatic heterocycles. The lowest BCUT2D eigenvalue weighted by atomic mass is 9.87. The van der Waals surface area contributed by atoms with Crippen molar-refractivity contribution in [1.82, 2.24) is 0 Å². The molecule has 7 heteroatoms. The molecule has 166 valence electrons. The predicted octanol–water partition coefficient (Wildman–Crippen LogP) is 3.30. The first-order chi connectivity index (χ1) is 15.4. The topological polar surface area (TPSA) is 90.2 Å². The maximum atomic E-state index is 13.6. The van der Waals surface area contributed by atoms with Crippen molar-refractivity contribution < 1.29 is 29.6 Å². The quantitative estimate of drug-likeness (QED) is 0.380. The molecule has 0 saturated carbocycles. The van der Waals surface area contributed by atoms with Crippen LogP contribution in [0.25, 0.3) is 20.9 Å². The average Bonchev–Trinajstić information content (AvgIpc) is 3.18. The zero-order chi connectivity index (χ0) is 22.4. The van der Waals surface area contributed by atoms with Gasteiger partial charge >= 0.3 is 0 Å². The van der Waals surface area contributed by atoms with Crippen LogP contribution in [0.2, 0.25) is 0 Å². The molecule has 4 N–H and O–H groups in total. The SMILES string of the molecule is OC[C@H]1O[C@@H](c2cc(Cc3cc4cc(F)ccc4s3)cc3ccccc23)[C@H](O)[C@@H](O)[C@@H]1O. The Hall–Kier alpha value is -2.39. The first kappa shape index (κ1) is 21.5. The van der Waals surface area contributed by atoms with Crippen LogP contribution in [0.4, 0.5) is 4.39 Å². The van der Waals surface area contributed by atoms with Gasteiger partial charge in [-0.25, -0.2) is 4.39 Å². The molecule has 1 saturated heterocycles. The predicted molar refractivity (Wildman–Crippen MR) is 121 cm³/mol. The molecule has 2 heterocycles. The highest BCUT2D eigenvalue weighted by molar-refractivity contribution is 7.19. The minimum Gasteiger partial charge on any atom is -0.394 e. The van der Waals surface area contributed by atoms with Gasteiger partial charge in [0.25, 0.3) is 0 Å². The van der Waals surface area contributed by atoms with Crippen LogP contribution in [0.15, 0.2) is 60.7 Å². The molecule has 5 nitrogen and oxygen atoms in total. The van der Waals surface area contributed by atoms with Crippen LogP contribution in [0, 0.1) is 5.82 Å². The van der Waals surface area contributed by atoms with Gasteiger partial charge in [-0.3, -0.25) is 0 Å². The number of fused-ring (bicyclic) bond motifs is 2. The molecule has 5 atom stereocenters. The summed E-state index contributed by atoms with van der Waals surface area (Å²) in [6.07, 6.45) is -5.47. The van der Waals surface area contributed by atoms with E-state index in [0.29, 0.717) is 12.0 Å². The second kappa shape index (κ2) is 8.51. The van der Waals surface area contributed by atoms with E-state index in [-0.39, 0.29) is 5.82 Å². The van der Waals surface area contributed by atoms with Gasteiger partial charge in [-0.05, 0) is 51.6 Å². The second-order valence-electron chi connectivity index (χ2n) is 8.23. The molecule has 0 bridgehead atoms. The lowest BCUT2D eigenvalue weighted by molar-refractivity contribution is -0.231. The molecule has 1 fully saturated rings. The number of aliphatic hydroxyl groups excluding tert-OH is 4. The number of rotatable bonds is 4. The highest BCUT2D eigenvalue weighted by Crippen LogP contribution is 2.37. The lowest BCUT2D eigenvalue weighted by Crippen LogP contribution is -2.55. The number of halogens is 1. The molecular weight excluding hydrogens is 431 g/mol. The van der Waals surface area contributed by atoms with E-state index in [4.69, 9.17) is 4.74 Å². The molecule has 4 aromatic rings. The summed E-state index contributed by atoms with van der Waals surface area (Å²) in [5.74, 6) is -0.266. The highest BCUT2D eigenvalue weighted by atomic mass is 32.1. The standard InChI is InChI=1S/C25H23FO5S/c26-16-5-6-21-15(10-16)11-17(32-21)8-13-7-14-3-1-2-4-18(14)19(9-13)25-24(30)23(29)22(28)20(12-27)31-25/h1-7,9-11,20,22-25,27-30H,8,12H2/t20-,22-,23+,24-,25+/m1/s1. The van der Waals surface area contributed by atoms with Gasteiger partial charge in [0.2, 0.25) is 0 Å². The van der Waals surface area contributed by atoms with Crippen LogP contribution in [0.3, 0.4) is 0 Å². The summed E-state index contributed by atoms with van der Waals surface area (Å²) >= 11 is 1.60. The van der Waals surface area contributed by atoms with Crippen LogP contribution in [-0.2, 0) is 11.2 Å². The molecule has 0 radical (unpaired) electrons. The lowest BCUT2D eigenvalue weighted by Gasteiger charge is -2.40. The normalized spacial score (nSPS) is 26.1. The molecule has 0 spiro atoms. The van der Waals surface area contributed by atoms with Gasteiger partial charge in [0.1, 0.15) is 36.3 Å². The largest absolute Gasteiger partial charge is 0.394 e. The molecular formula is C25H23FO5S. The van der Waals surface area contributed by atoms with Gasteiger partial charge in [0.05, 0.1) is 6.61 Å². The fourth-order valence-electron chi connectivity index (χ4n) is 4.46. The Labute approximate surface area is 187 Å². The fraction of sp³-hybridized carbons (Fsp3) is 0.280. The Balaban J connectivity index is 1.56. The zero-order valence-corrected chi connectivity index (χ0v) is 17.9. The Morgan fingerprint density at radius 1 is 0.875 bits per heavy atom. The van der Waals surface area contributed by atoms with Crippen LogP contribution in [0.1, 0.15) is 22.1 Å². The van der Waals surface area contributed by atoms with Crippen molar-refractivity contribution in [2.45, 2.75) is 36.9 Å². The van der Waals surface area contributed by atoms with E-state index in [1.807, 2.05) is 36.4 Å². The Morgan fingerprint density at radius 3 is 2.50 bits per heavy atom. The number of ether oxygens (including phenoxy) is 1. The van der Waals surface area contributed by atoms with E-state index in [2.05, 4.69) is 6.07 Å². The van der Waals surface area contributed by atoms with E-state index < -0.39 is 37.1 Å². The van der Waals surface area contributed by atoms with Gasteiger partial charge in [0, 0.05) is 16.0 Å². The molecule has 0 aliphatic carbocycles. The van der Waals surface area contributed by atoms with E-state index in [1.54, 1.807) is 17.4 Å². The van der Waals surface area contributed by atoms with Crippen LogP contribution < -0.4 is 0 Å². The maximum absolute atomic E-state index is 13.6. The molecule has 0 unspecified atom stereocenters. The Morgan fingerprint density at radius 2 is 1.69 bits per heavy atom. The van der Waals surface area contributed by atoms with Crippen molar-refractivity contribution in [3.8, 4) is 0 Å². The van der Waals surface area contributed by atoms with Gasteiger partial charge in [-0.1, -0.05) is 36.4 Å². The van der Waals surface area contributed by atoms with Crippen LogP contribution >= 0.6 is 11.3 Å². The smallest absolute Gasteiger partial charge is 0.123 e.